The summed E-state index contributed by atoms with van der Waals surface area (Å²) in [5, 5.41) is 2.63. The van der Waals surface area contributed by atoms with Crippen molar-refractivity contribution in [1.82, 2.24) is 0 Å². The Morgan fingerprint density at radius 2 is 1.90 bits per heavy atom. The minimum atomic E-state index is -0.272. The third-order valence-electron chi connectivity index (χ3n) is 2.78. The molecule has 1 N–H and O–H groups in total. The molecule has 0 bridgehead atoms. The molecule has 104 valence electrons. The summed E-state index contributed by atoms with van der Waals surface area (Å²) >= 11 is 1.41. The minimum Gasteiger partial charge on any atom is -0.325 e. The van der Waals surface area contributed by atoms with Gasteiger partial charge >= 0.3 is 0 Å². The zero-order chi connectivity index (χ0) is 14.5. The lowest BCUT2D eigenvalue weighted by atomic mass is 10.2. The minimum absolute atomic E-state index is 0.0649. The van der Waals surface area contributed by atoms with E-state index in [1.165, 1.54) is 23.9 Å². The Kier molecular flexibility index (Phi) is 4.79. The quantitative estimate of drug-likeness (QED) is 0.852. The third kappa shape index (κ3) is 4.10. The molecule has 2 nitrogen and oxygen atoms in total. The highest BCUT2D eigenvalue weighted by atomic mass is 32.2. The molecule has 0 radical (unpaired) electrons. The van der Waals surface area contributed by atoms with Gasteiger partial charge in [-0.1, -0.05) is 12.1 Å². The molecule has 4 heteroatoms. The van der Waals surface area contributed by atoms with Gasteiger partial charge in [-0.2, -0.15) is 0 Å². The average Bonchev–Trinajstić information content (AvgIpc) is 2.41. The number of hydrogen-bond donors (Lipinski definition) is 1. The van der Waals surface area contributed by atoms with Crippen LogP contribution in [0, 0.1) is 12.7 Å². The van der Waals surface area contributed by atoms with Crippen molar-refractivity contribution in [2.75, 3.05) is 5.32 Å². The fraction of sp³-hybridized carbons (Fsp3) is 0.188. The highest BCUT2D eigenvalue weighted by molar-refractivity contribution is 8.00. The second-order valence-electron chi connectivity index (χ2n) is 4.57. The number of carbonyl (C=O) groups is 1. The normalized spacial score (nSPS) is 11.9. The fourth-order valence-corrected chi connectivity index (χ4v) is 2.60. The molecule has 0 aromatic heterocycles. The first-order chi connectivity index (χ1) is 9.54. The van der Waals surface area contributed by atoms with Crippen LogP contribution in [0.15, 0.2) is 53.4 Å². The highest BCUT2D eigenvalue weighted by Crippen LogP contribution is 2.24. The molecule has 2 rings (SSSR count). The fourth-order valence-electron chi connectivity index (χ4n) is 1.74. The van der Waals surface area contributed by atoms with Gasteiger partial charge in [-0.3, -0.25) is 4.79 Å². The van der Waals surface area contributed by atoms with Gasteiger partial charge < -0.3 is 5.32 Å². The maximum Gasteiger partial charge on any atom is 0.237 e. The summed E-state index contributed by atoms with van der Waals surface area (Å²) in [6, 6.07) is 13.8. The number of anilines is 1. The van der Waals surface area contributed by atoms with Gasteiger partial charge in [0.2, 0.25) is 5.91 Å². The number of hydrogen-bond acceptors (Lipinski definition) is 2. The smallest absolute Gasteiger partial charge is 0.237 e. The van der Waals surface area contributed by atoms with Crippen LogP contribution < -0.4 is 5.32 Å². The summed E-state index contributed by atoms with van der Waals surface area (Å²) < 4.78 is 12.8. The van der Waals surface area contributed by atoms with E-state index >= 15 is 0 Å². The lowest BCUT2D eigenvalue weighted by Crippen LogP contribution is -2.22. The Balaban J connectivity index is 1.96. The first-order valence-corrected chi connectivity index (χ1v) is 7.22. The Morgan fingerprint density at radius 3 is 2.55 bits per heavy atom. The van der Waals surface area contributed by atoms with Gasteiger partial charge in [-0.15, -0.1) is 11.8 Å². The number of benzene rings is 2. The molecule has 0 aliphatic carbocycles. The van der Waals surface area contributed by atoms with Crippen molar-refractivity contribution in [2.45, 2.75) is 24.0 Å². The van der Waals surface area contributed by atoms with Gasteiger partial charge in [0.05, 0.1) is 5.25 Å². The van der Waals surface area contributed by atoms with E-state index < -0.39 is 0 Å². The van der Waals surface area contributed by atoms with E-state index in [0.717, 1.165) is 16.1 Å². The van der Waals surface area contributed by atoms with Crippen molar-refractivity contribution in [1.29, 1.82) is 0 Å². The zero-order valence-electron chi connectivity index (χ0n) is 11.4. The highest BCUT2D eigenvalue weighted by Gasteiger charge is 2.14. The van der Waals surface area contributed by atoms with Crippen molar-refractivity contribution < 1.29 is 9.18 Å². The van der Waals surface area contributed by atoms with Gasteiger partial charge in [0.1, 0.15) is 5.82 Å². The molecular weight excluding hydrogens is 273 g/mol. The number of halogens is 1. The number of nitrogens with one attached hydrogen (secondary N) is 1. The van der Waals surface area contributed by atoms with Crippen LogP contribution in [0.25, 0.3) is 0 Å². The predicted molar refractivity (Wildman–Crippen MR) is 81.5 cm³/mol. The van der Waals surface area contributed by atoms with Crippen LogP contribution >= 0.6 is 11.8 Å². The van der Waals surface area contributed by atoms with Crippen LogP contribution in [0.3, 0.4) is 0 Å². The van der Waals surface area contributed by atoms with Crippen molar-refractivity contribution >= 4 is 23.4 Å². The summed E-state index contributed by atoms with van der Waals surface area (Å²) in [6.45, 7) is 3.81. The molecule has 20 heavy (non-hydrogen) atoms. The molecule has 0 saturated carbocycles. The molecule has 0 spiro atoms. The number of rotatable bonds is 4. The van der Waals surface area contributed by atoms with E-state index in [9.17, 15) is 9.18 Å². The van der Waals surface area contributed by atoms with E-state index in [4.69, 9.17) is 0 Å². The molecule has 0 unspecified atom stereocenters. The van der Waals surface area contributed by atoms with Crippen molar-refractivity contribution in [2.24, 2.45) is 0 Å². The van der Waals surface area contributed by atoms with Crippen LogP contribution in [0.4, 0.5) is 10.1 Å². The Hall–Kier alpha value is -1.81. The summed E-state index contributed by atoms with van der Waals surface area (Å²) in [5.74, 6) is -0.337. The Morgan fingerprint density at radius 1 is 1.20 bits per heavy atom. The summed E-state index contributed by atoms with van der Waals surface area (Å²) in [7, 11) is 0. The number of aryl methyl sites for hydroxylation is 1. The number of carbonyl (C=O) groups excluding carboxylic acids is 1. The van der Waals surface area contributed by atoms with Gasteiger partial charge in [0.25, 0.3) is 0 Å². The van der Waals surface area contributed by atoms with Crippen molar-refractivity contribution in [3.8, 4) is 0 Å². The Bertz CT molecular complexity index is 598. The van der Waals surface area contributed by atoms with E-state index in [1.54, 1.807) is 12.1 Å². The van der Waals surface area contributed by atoms with Gasteiger partial charge in [0, 0.05) is 10.6 Å². The van der Waals surface area contributed by atoms with Gasteiger partial charge in [-0.25, -0.2) is 4.39 Å². The first-order valence-electron chi connectivity index (χ1n) is 6.34. The number of thioether (sulfide) groups is 1. The van der Waals surface area contributed by atoms with Crippen molar-refractivity contribution in [3.05, 3.63) is 59.9 Å². The number of amides is 1. The van der Waals surface area contributed by atoms with Crippen LogP contribution in [0.2, 0.25) is 0 Å². The van der Waals surface area contributed by atoms with Gasteiger partial charge in [-0.05, 0) is 55.8 Å². The van der Waals surface area contributed by atoms with Crippen LogP contribution in [-0.2, 0) is 4.79 Å². The summed E-state index contributed by atoms with van der Waals surface area (Å²) in [6.07, 6.45) is 0. The lowest BCUT2D eigenvalue weighted by Gasteiger charge is -2.12. The van der Waals surface area contributed by atoms with Crippen LogP contribution in [0.5, 0.6) is 0 Å². The molecule has 0 fully saturated rings. The Labute approximate surface area is 122 Å². The molecule has 0 aliphatic rings. The standard InChI is InChI=1S/C16H16FNOS/c1-11-4-3-5-14(10-11)18-16(19)12(2)20-15-8-6-13(17)7-9-15/h3-10,12H,1-2H3,(H,18,19)/t12-/m1/s1. The largest absolute Gasteiger partial charge is 0.325 e. The summed E-state index contributed by atoms with van der Waals surface area (Å²) in [5.41, 5.74) is 1.89. The van der Waals surface area contributed by atoms with Gasteiger partial charge in [0.15, 0.2) is 0 Å². The zero-order valence-corrected chi connectivity index (χ0v) is 12.2. The molecule has 1 atom stereocenters. The predicted octanol–water partition coefficient (Wildman–Crippen LogP) is 4.25. The molecule has 2 aromatic rings. The summed E-state index contributed by atoms with van der Waals surface area (Å²) in [4.78, 5) is 13.0. The van der Waals surface area contributed by atoms with E-state index in [2.05, 4.69) is 5.32 Å². The second-order valence-corrected chi connectivity index (χ2v) is 5.99. The SMILES string of the molecule is Cc1cccc(NC(=O)[C@@H](C)Sc2ccc(F)cc2)c1. The first kappa shape index (κ1) is 14.6. The second kappa shape index (κ2) is 6.57. The molecular formula is C16H16FNOS. The molecule has 0 aliphatic heterocycles. The van der Waals surface area contributed by atoms with E-state index in [0.29, 0.717) is 0 Å². The molecule has 1 amide bonds. The monoisotopic (exact) mass is 289 g/mol. The third-order valence-corrected chi connectivity index (χ3v) is 3.89. The van der Waals surface area contributed by atoms with Crippen molar-refractivity contribution in [3.63, 3.8) is 0 Å². The maximum atomic E-state index is 12.8. The molecule has 2 aromatic carbocycles. The average molecular weight is 289 g/mol. The molecule has 0 saturated heterocycles. The van der Waals surface area contributed by atoms with Crippen LogP contribution in [-0.4, -0.2) is 11.2 Å². The van der Waals surface area contributed by atoms with E-state index in [-0.39, 0.29) is 17.0 Å². The van der Waals surface area contributed by atoms with E-state index in [1.807, 2.05) is 38.1 Å². The molecule has 0 heterocycles. The maximum absolute atomic E-state index is 12.8. The topological polar surface area (TPSA) is 29.1 Å². The lowest BCUT2D eigenvalue weighted by molar-refractivity contribution is -0.115. The van der Waals surface area contributed by atoms with Crippen LogP contribution in [0.1, 0.15) is 12.5 Å².